The summed E-state index contributed by atoms with van der Waals surface area (Å²) in [5, 5.41) is 2.96. The normalized spacial score (nSPS) is 10.5. The zero-order valence-corrected chi connectivity index (χ0v) is 16.6. The van der Waals surface area contributed by atoms with Gasteiger partial charge in [-0.25, -0.2) is 0 Å². The van der Waals surface area contributed by atoms with Gasteiger partial charge < -0.3 is 14.8 Å². The van der Waals surface area contributed by atoms with Gasteiger partial charge in [0.05, 0.1) is 26.2 Å². The summed E-state index contributed by atoms with van der Waals surface area (Å²) in [4.78, 5) is 14.6. The molecular weight excluding hydrogens is 390 g/mol. The highest BCUT2D eigenvalue weighted by Crippen LogP contribution is 2.34. The van der Waals surface area contributed by atoms with E-state index in [1.807, 2.05) is 32.0 Å². The first-order valence-electron chi connectivity index (χ1n) is 7.93. The molecule has 0 saturated carbocycles. The molecule has 0 bridgehead atoms. The van der Waals surface area contributed by atoms with E-state index in [9.17, 15) is 4.79 Å². The zero-order chi connectivity index (χ0) is 17.5. The maximum atomic E-state index is 12.2. The summed E-state index contributed by atoms with van der Waals surface area (Å²) >= 11 is 5.21. The van der Waals surface area contributed by atoms with Gasteiger partial charge in [-0.1, -0.05) is 15.9 Å². The third-order valence-electron chi connectivity index (χ3n) is 3.32. The molecule has 0 aliphatic heterocycles. The van der Waals surface area contributed by atoms with Crippen LogP contribution in [0.4, 0.5) is 0 Å². The molecule has 0 atom stereocenters. The van der Waals surface area contributed by atoms with Gasteiger partial charge in [0.2, 0.25) is 5.91 Å². The van der Waals surface area contributed by atoms with Gasteiger partial charge in [0.25, 0.3) is 0 Å². The minimum absolute atomic E-state index is 0.0200. The van der Waals surface area contributed by atoms with Gasteiger partial charge in [-0.3, -0.25) is 4.79 Å². The number of carbonyl (C=O) groups is 1. The molecule has 1 aromatic heterocycles. The average Bonchev–Trinajstić information content (AvgIpc) is 2.96. The summed E-state index contributed by atoms with van der Waals surface area (Å²) < 4.78 is 12.1. The quantitative estimate of drug-likeness (QED) is 0.696. The second kappa shape index (κ2) is 9.08. The van der Waals surface area contributed by atoms with Gasteiger partial charge in [-0.15, -0.1) is 11.3 Å². The lowest BCUT2D eigenvalue weighted by Gasteiger charge is -2.14. The number of hydrogen-bond donors (Lipinski definition) is 1. The Morgan fingerprint density at radius 3 is 2.42 bits per heavy atom. The van der Waals surface area contributed by atoms with E-state index in [1.54, 1.807) is 11.3 Å². The first kappa shape index (κ1) is 18.8. The lowest BCUT2D eigenvalue weighted by atomic mass is 10.1. The van der Waals surface area contributed by atoms with Crippen molar-refractivity contribution in [3.8, 4) is 11.5 Å². The van der Waals surface area contributed by atoms with Gasteiger partial charge in [-0.05, 0) is 50.6 Å². The molecule has 24 heavy (non-hydrogen) atoms. The Hall–Kier alpha value is -1.53. The van der Waals surface area contributed by atoms with Gasteiger partial charge >= 0.3 is 0 Å². The van der Waals surface area contributed by atoms with Gasteiger partial charge in [0.15, 0.2) is 11.5 Å². The molecule has 2 aromatic rings. The molecular formula is C18H22BrNO3S. The molecule has 130 valence electrons. The first-order valence-corrected chi connectivity index (χ1v) is 9.54. The summed E-state index contributed by atoms with van der Waals surface area (Å²) in [6, 6.07) is 7.83. The summed E-state index contributed by atoms with van der Waals surface area (Å²) in [7, 11) is 0. The fraction of sp³-hybridized carbons (Fsp3) is 0.389. The van der Waals surface area contributed by atoms with E-state index in [0.717, 1.165) is 14.9 Å². The Bertz CT molecular complexity index is 700. The van der Waals surface area contributed by atoms with Crippen molar-refractivity contribution in [2.75, 3.05) is 13.2 Å². The Morgan fingerprint density at radius 2 is 1.83 bits per heavy atom. The molecule has 0 fully saturated rings. The lowest BCUT2D eigenvalue weighted by molar-refractivity contribution is -0.120. The van der Waals surface area contributed by atoms with Gasteiger partial charge in [0.1, 0.15) is 0 Å². The van der Waals surface area contributed by atoms with Crippen molar-refractivity contribution < 1.29 is 14.3 Å². The van der Waals surface area contributed by atoms with Crippen molar-refractivity contribution in [1.82, 2.24) is 5.32 Å². The van der Waals surface area contributed by atoms with Crippen LogP contribution in [0.2, 0.25) is 0 Å². The molecule has 0 unspecified atom stereocenters. The number of rotatable bonds is 8. The minimum atomic E-state index is -0.0200. The maximum absolute atomic E-state index is 12.2. The molecule has 1 N–H and O–H groups in total. The molecule has 1 amide bonds. The molecule has 0 aliphatic rings. The number of nitrogens with one attached hydrogen (secondary N) is 1. The molecule has 4 nitrogen and oxygen atoms in total. The standard InChI is InChI=1S/C18H22BrNO3S/c1-4-22-16-8-13(15(19)10-17(16)23-5-2)9-18(21)20-11-14-7-6-12(3)24-14/h6-8,10H,4-5,9,11H2,1-3H3,(H,20,21). The Labute approximate surface area is 155 Å². The van der Waals surface area contributed by atoms with E-state index in [2.05, 4.69) is 34.2 Å². The predicted molar refractivity (Wildman–Crippen MR) is 101 cm³/mol. The average molecular weight is 412 g/mol. The number of ether oxygens (including phenoxy) is 2. The van der Waals surface area contributed by atoms with Crippen LogP contribution in [0.25, 0.3) is 0 Å². The second-order valence-corrected chi connectivity index (χ2v) is 7.45. The molecule has 2 rings (SSSR count). The number of thiophene rings is 1. The molecule has 0 radical (unpaired) electrons. The number of amides is 1. The number of halogens is 1. The summed E-state index contributed by atoms with van der Waals surface area (Å²) in [6.07, 6.45) is 0.289. The SMILES string of the molecule is CCOc1cc(Br)c(CC(=O)NCc2ccc(C)s2)cc1OCC. The summed E-state index contributed by atoms with van der Waals surface area (Å²) in [6.45, 7) is 7.58. The fourth-order valence-electron chi connectivity index (χ4n) is 2.25. The smallest absolute Gasteiger partial charge is 0.224 e. The van der Waals surface area contributed by atoms with E-state index in [1.165, 1.54) is 4.88 Å². The van der Waals surface area contributed by atoms with Crippen molar-refractivity contribution in [3.05, 3.63) is 44.1 Å². The van der Waals surface area contributed by atoms with Crippen LogP contribution in [-0.4, -0.2) is 19.1 Å². The van der Waals surface area contributed by atoms with Crippen LogP contribution in [0.15, 0.2) is 28.7 Å². The van der Waals surface area contributed by atoms with Crippen LogP contribution >= 0.6 is 27.3 Å². The van der Waals surface area contributed by atoms with Crippen molar-refractivity contribution >= 4 is 33.2 Å². The van der Waals surface area contributed by atoms with Crippen LogP contribution in [0.5, 0.6) is 11.5 Å². The van der Waals surface area contributed by atoms with Crippen molar-refractivity contribution in [2.45, 2.75) is 33.7 Å². The number of hydrogen-bond acceptors (Lipinski definition) is 4. The highest BCUT2D eigenvalue weighted by molar-refractivity contribution is 9.10. The highest BCUT2D eigenvalue weighted by atomic mass is 79.9. The lowest BCUT2D eigenvalue weighted by Crippen LogP contribution is -2.24. The number of aryl methyl sites for hydroxylation is 1. The number of carbonyl (C=O) groups excluding carboxylic acids is 1. The predicted octanol–water partition coefficient (Wildman–Crippen LogP) is 4.48. The largest absolute Gasteiger partial charge is 0.490 e. The first-order chi connectivity index (χ1) is 11.5. The van der Waals surface area contributed by atoms with E-state index in [0.29, 0.717) is 31.3 Å². The molecule has 0 spiro atoms. The molecule has 0 aliphatic carbocycles. The molecule has 1 aromatic carbocycles. The zero-order valence-electron chi connectivity index (χ0n) is 14.1. The molecule has 0 saturated heterocycles. The van der Waals surface area contributed by atoms with Crippen LogP contribution in [0.3, 0.4) is 0 Å². The number of benzene rings is 1. The van der Waals surface area contributed by atoms with E-state index in [4.69, 9.17) is 9.47 Å². The van der Waals surface area contributed by atoms with Crippen LogP contribution in [-0.2, 0) is 17.8 Å². The third kappa shape index (κ3) is 5.24. The summed E-state index contributed by atoms with van der Waals surface area (Å²) in [5.74, 6) is 1.33. The van der Waals surface area contributed by atoms with Crippen LogP contribution < -0.4 is 14.8 Å². The highest BCUT2D eigenvalue weighted by Gasteiger charge is 2.13. The fourth-order valence-corrected chi connectivity index (χ4v) is 3.54. The Kier molecular flexibility index (Phi) is 7.12. The Morgan fingerprint density at radius 1 is 1.17 bits per heavy atom. The summed E-state index contributed by atoms with van der Waals surface area (Å²) in [5.41, 5.74) is 0.877. The topological polar surface area (TPSA) is 47.6 Å². The van der Waals surface area contributed by atoms with Crippen LogP contribution in [0.1, 0.15) is 29.2 Å². The monoisotopic (exact) mass is 411 g/mol. The van der Waals surface area contributed by atoms with Crippen LogP contribution in [0, 0.1) is 6.92 Å². The Balaban J connectivity index is 2.04. The second-order valence-electron chi connectivity index (χ2n) is 5.22. The van der Waals surface area contributed by atoms with Crippen molar-refractivity contribution in [3.63, 3.8) is 0 Å². The van der Waals surface area contributed by atoms with Crippen molar-refractivity contribution in [1.29, 1.82) is 0 Å². The minimum Gasteiger partial charge on any atom is -0.490 e. The molecule has 1 heterocycles. The maximum Gasteiger partial charge on any atom is 0.224 e. The van der Waals surface area contributed by atoms with E-state index >= 15 is 0 Å². The van der Waals surface area contributed by atoms with E-state index in [-0.39, 0.29) is 12.3 Å². The van der Waals surface area contributed by atoms with Gasteiger partial charge in [-0.2, -0.15) is 0 Å². The van der Waals surface area contributed by atoms with Crippen molar-refractivity contribution in [2.24, 2.45) is 0 Å². The van der Waals surface area contributed by atoms with E-state index < -0.39 is 0 Å². The molecule has 6 heteroatoms. The van der Waals surface area contributed by atoms with Gasteiger partial charge in [0, 0.05) is 14.2 Å². The third-order valence-corrected chi connectivity index (χ3v) is 5.06.